The van der Waals surface area contributed by atoms with E-state index in [2.05, 4.69) is 34.1 Å². The number of carboxylic acid groups (broad SMARTS) is 1. The maximum Gasteiger partial charge on any atom is 0.306 e. The first-order chi connectivity index (χ1) is 17.5. The second-order valence-corrected chi connectivity index (χ2v) is 10.0. The summed E-state index contributed by atoms with van der Waals surface area (Å²) in [6, 6.07) is 16.9. The Morgan fingerprint density at radius 1 is 1.14 bits per heavy atom. The number of carboxylic acids is 1. The van der Waals surface area contributed by atoms with Crippen molar-refractivity contribution in [2.75, 3.05) is 20.2 Å². The number of likely N-dealkylation sites (tertiary alicyclic amines) is 1. The van der Waals surface area contributed by atoms with E-state index in [4.69, 9.17) is 9.47 Å². The lowest BCUT2D eigenvalue weighted by Crippen LogP contribution is -2.22. The lowest BCUT2D eigenvalue weighted by molar-refractivity contribution is -0.141. The summed E-state index contributed by atoms with van der Waals surface area (Å²) in [5, 5.41) is 9.31. The molecule has 0 spiro atoms. The molecule has 36 heavy (non-hydrogen) atoms. The molecule has 2 unspecified atom stereocenters. The van der Waals surface area contributed by atoms with Gasteiger partial charge in [-0.1, -0.05) is 31.2 Å². The highest BCUT2D eigenvalue weighted by Crippen LogP contribution is 2.38. The van der Waals surface area contributed by atoms with E-state index in [0.717, 1.165) is 54.9 Å². The van der Waals surface area contributed by atoms with E-state index in [9.17, 15) is 9.90 Å². The molecule has 3 heterocycles. The quantitative estimate of drug-likeness (QED) is 0.442. The smallest absolute Gasteiger partial charge is 0.306 e. The molecule has 2 aromatic carbocycles. The van der Waals surface area contributed by atoms with Crippen LogP contribution in [0.3, 0.4) is 0 Å². The molecule has 1 aromatic heterocycles. The zero-order valence-electron chi connectivity index (χ0n) is 21.1. The molecule has 0 saturated carbocycles. The van der Waals surface area contributed by atoms with Crippen LogP contribution in [0.2, 0.25) is 0 Å². The van der Waals surface area contributed by atoms with Gasteiger partial charge < -0.3 is 14.6 Å². The Bertz CT molecular complexity index is 1240. The van der Waals surface area contributed by atoms with Gasteiger partial charge in [0.25, 0.3) is 0 Å². The van der Waals surface area contributed by atoms with Gasteiger partial charge in [0.05, 0.1) is 13.0 Å². The van der Waals surface area contributed by atoms with Crippen LogP contribution in [0.5, 0.6) is 11.6 Å². The zero-order chi connectivity index (χ0) is 25.1. The number of aryl methyl sites for hydroxylation is 1. The van der Waals surface area contributed by atoms with Crippen LogP contribution in [0.15, 0.2) is 54.7 Å². The van der Waals surface area contributed by atoms with Crippen LogP contribution < -0.4 is 9.47 Å². The summed E-state index contributed by atoms with van der Waals surface area (Å²) in [5.41, 5.74) is 6.97. The maximum absolute atomic E-state index is 11.3. The first kappa shape index (κ1) is 24.3. The van der Waals surface area contributed by atoms with Crippen molar-refractivity contribution in [3.63, 3.8) is 0 Å². The topological polar surface area (TPSA) is 71.9 Å². The molecule has 5 rings (SSSR count). The normalized spacial score (nSPS) is 18.3. The Hall–Kier alpha value is -3.38. The van der Waals surface area contributed by atoms with E-state index in [1.54, 1.807) is 20.2 Å². The molecular weight excluding hydrogens is 452 g/mol. The summed E-state index contributed by atoms with van der Waals surface area (Å²) < 4.78 is 11.9. The lowest BCUT2D eigenvalue weighted by Gasteiger charge is -2.29. The minimum absolute atomic E-state index is 0.0247. The molecule has 2 aliphatic rings. The summed E-state index contributed by atoms with van der Waals surface area (Å²) in [5.74, 6) is 0.299. The third-order valence-corrected chi connectivity index (χ3v) is 7.40. The van der Waals surface area contributed by atoms with Gasteiger partial charge >= 0.3 is 5.97 Å². The fourth-order valence-electron chi connectivity index (χ4n) is 5.32. The van der Waals surface area contributed by atoms with E-state index in [1.807, 2.05) is 24.3 Å². The van der Waals surface area contributed by atoms with Crippen molar-refractivity contribution < 1.29 is 19.4 Å². The van der Waals surface area contributed by atoms with Gasteiger partial charge in [-0.2, -0.15) is 0 Å². The number of nitrogens with zero attached hydrogens (tertiary/aromatic N) is 2. The molecule has 1 N–H and O–H groups in total. The van der Waals surface area contributed by atoms with Crippen LogP contribution in [0.4, 0.5) is 0 Å². The van der Waals surface area contributed by atoms with E-state index < -0.39 is 11.9 Å². The number of hydrogen-bond donors (Lipinski definition) is 1. The fraction of sp³-hybridized carbons (Fsp3) is 0.400. The fourth-order valence-corrected chi connectivity index (χ4v) is 5.32. The van der Waals surface area contributed by atoms with Crippen molar-refractivity contribution in [2.24, 2.45) is 5.92 Å². The highest BCUT2D eigenvalue weighted by molar-refractivity contribution is 5.70. The molecule has 0 bridgehead atoms. The maximum atomic E-state index is 11.3. The van der Waals surface area contributed by atoms with Crippen molar-refractivity contribution in [3.05, 3.63) is 77.0 Å². The summed E-state index contributed by atoms with van der Waals surface area (Å²) in [4.78, 5) is 18.1. The molecule has 2 atom stereocenters. The number of methoxy groups -OCH3 is 1. The number of fused-ring (bicyclic) bond motifs is 1. The largest absolute Gasteiger partial charge is 0.485 e. The van der Waals surface area contributed by atoms with Gasteiger partial charge in [-0.25, -0.2) is 4.98 Å². The highest BCUT2D eigenvalue weighted by Gasteiger charge is 2.26. The minimum Gasteiger partial charge on any atom is -0.485 e. The molecule has 0 aliphatic carbocycles. The third-order valence-electron chi connectivity index (χ3n) is 7.40. The molecule has 6 heteroatoms. The van der Waals surface area contributed by atoms with Crippen LogP contribution in [0.25, 0.3) is 11.1 Å². The Morgan fingerprint density at radius 2 is 1.94 bits per heavy atom. The van der Waals surface area contributed by atoms with Gasteiger partial charge in [-0.15, -0.1) is 0 Å². The predicted molar refractivity (Wildman–Crippen MR) is 139 cm³/mol. The summed E-state index contributed by atoms with van der Waals surface area (Å²) in [7, 11) is 1.64. The molecule has 6 nitrogen and oxygen atoms in total. The van der Waals surface area contributed by atoms with Crippen molar-refractivity contribution in [2.45, 2.75) is 51.7 Å². The number of pyridine rings is 1. The van der Waals surface area contributed by atoms with E-state index in [0.29, 0.717) is 12.3 Å². The molecular formula is C30H34N2O4. The van der Waals surface area contributed by atoms with Crippen molar-refractivity contribution in [1.29, 1.82) is 0 Å². The Labute approximate surface area is 212 Å². The zero-order valence-corrected chi connectivity index (χ0v) is 21.1. The second kappa shape index (κ2) is 10.7. The summed E-state index contributed by atoms with van der Waals surface area (Å²) >= 11 is 0. The number of aromatic nitrogens is 1. The SMILES string of the molecule is COc1cc(-c2ccc(C3CCc4ccc(CC(C)C(=O)O)cc4O3)c(CN3CCCC3)c2)ccn1. The van der Waals surface area contributed by atoms with Gasteiger partial charge in [0.2, 0.25) is 5.88 Å². The molecule has 1 fully saturated rings. The molecule has 0 radical (unpaired) electrons. The number of ether oxygens (including phenoxy) is 2. The number of hydrogen-bond acceptors (Lipinski definition) is 5. The average Bonchev–Trinajstić information content (AvgIpc) is 3.41. The molecule has 1 saturated heterocycles. The summed E-state index contributed by atoms with van der Waals surface area (Å²) in [6.07, 6.45) is 6.63. The van der Waals surface area contributed by atoms with Crippen molar-refractivity contribution in [1.82, 2.24) is 9.88 Å². The van der Waals surface area contributed by atoms with Crippen LogP contribution in [0, 0.1) is 5.92 Å². The molecule has 0 amide bonds. The van der Waals surface area contributed by atoms with Gasteiger partial charge in [-0.3, -0.25) is 9.69 Å². The van der Waals surface area contributed by atoms with E-state index in [1.165, 1.54) is 29.5 Å². The number of carbonyl (C=O) groups is 1. The highest BCUT2D eigenvalue weighted by atomic mass is 16.5. The van der Waals surface area contributed by atoms with Crippen molar-refractivity contribution in [3.8, 4) is 22.8 Å². The first-order valence-corrected chi connectivity index (χ1v) is 12.9. The molecule has 3 aromatic rings. The Morgan fingerprint density at radius 3 is 2.72 bits per heavy atom. The van der Waals surface area contributed by atoms with Crippen molar-refractivity contribution >= 4 is 5.97 Å². The standard InChI is InChI=1S/C30H34N2O4/c1-20(30(33)34)15-21-5-6-22-8-10-27(36-28(22)16-21)26-9-7-23(24-11-12-31-29(18-24)35-2)17-25(26)19-32-13-3-4-14-32/h5-7,9,11-12,16-18,20,27H,3-4,8,10,13-15,19H2,1-2H3,(H,33,34). The van der Waals surface area contributed by atoms with Crippen LogP contribution >= 0.6 is 0 Å². The molecule has 2 aliphatic heterocycles. The second-order valence-electron chi connectivity index (χ2n) is 10.0. The van der Waals surface area contributed by atoms with E-state index >= 15 is 0 Å². The predicted octanol–water partition coefficient (Wildman–Crippen LogP) is 5.68. The van der Waals surface area contributed by atoms with Gasteiger partial charge in [-0.05, 0) is 96.8 Å². The third kappa shape index (κ3) is 5.39. The monoisotopic (exact) mass is 486 g/mol. The van der Waals surface area contributed by atoms with Gasteiger partial charge in [0.1, 0.15) is 11.9 Å². The Balaban J connectivity index is 1.44. The first-order valence-electron chi connectivity index (χ1n) is 12.9. The van der Waals surface area contributed by atoms with Crippen LogP contribution in [0.1, 0.15) is 54.5 Å². The van der Waals surface area contributed by atoms with E-state index in [-0.39, 0.29) is 6.10 Å². The minimum atomic E-state index is -0.773. The number of rotatable bonds is 8. The number of benzene rings is 2. The van der Waals surface area contributed by atoms with Gasteiger partial charge in [0.15, 0.2) is 0 Å². The Kier molecular flexibility index (Phi) is 7.23. The lowest BCUT2D eigenvalue weighted by atomic mass is 9.91. The van der Waals surface area contributed by atoms with Crippen LogP contribution in [-0.2, 0) is 24.2 Å². The van der Waals surface area contributed by atoms with Crippen LogP contribution in [-0.4, -0.2) is 41.2 Å². The number of aliphatic carboxylic acids is 1. The summed E-state index contributed by atoms with van der Waals surface area (Å²) in [6.45, 7) is 4.92. The molecule has 188 valence electrons. The van der Waals surface area contributed by atoms with Gasteiger partial charge in [0, 0.05) is 18.8 Å². The average molecular weight is 487 g/mol.